The summed E-state index contributed by atoms with van der Waals surface area (Å²) in [7, 11) is 0. The van der Waals surface area contributed by atoms with Crippen molar-refractivity contribution in [2.24, 2.45) is 11.7 Å². The number of rotatable bonds is 6. The molecule has 1 saturated heterocycles. The van der Waals surface area contributed by atoms with Gasteiger partial charge in [-0.05, 0) is 44.4 Å². The van der Waals surface area contributed by atoms with Gasteiger partial charge in [0.2, 0.25) is 11.8 Å². The molecular weight excluding hydrogens is 346 g/mol. The number of aromatic nitrogens is 1. The first-order valence-electron chi connectivity index (χ1n) is 9.14. The first-order valence-corrected chi connectivity index (χ1v) is 9.14. The van der Waals surface area contributed by atoms with E-state index < -0.39 is 0 Å². The van der Waals surface area contributed by atoms with E-state index in [-0.39, 0.29) is 17.7 Å². The first kappa shape index (κ1) is 18.9. The summed E-state index contributed by atoms with van der Waals surface area (Å²) in [4.78, 5) is 25.5. The van der Waals surface area contributed by atoms with Crippen molar-refractivity contribution in [1.29, 1.82) is 0 Å². The van der Waals surface area contributed by atoms with Crippen LogP contribution >= 0.6 is 0 Å². The highest BCUT2D eigenvalue weighted by atomic mass is 16.5. The molecule has 27 heavy (non-hydrogen) atoms. The number of hydrogen-bond acceptors (Lipinski definition) is 5. The van der Waals surface area contributed by atoms with Crippen molar-refractivity contribution in [3.63, 3.8) is 0 Å². The molecule has 3 rings (SSSR count). The van der Waals surface area contributed by atoms with Crippen LogP contribution in [0.5, 0.6) is 5.75 Å². The van der Waals surface area contributed by atoms with Gasteiger partial charge in [-0.3, -0.25) is 9.59 Å². The van der Waals surface area contributed by atoms with Crippen molar-refractivity contribution < 1.29 is 18.8 Å². The summed E-state index contributed by atoms with van der Waals surface area (Å²) in [5, 5.41) is 3.91. The van der Waals surface area contributed by atoms with E-state index in [2.05, 4.69) is 5.16 Å². The number of primary amides is 1. The molecule has 1 fully saturated rings. The molecule has 1 aromatic heterocycles. The molecule has 0 unspecified atom stereocenters. The quantitative estimate of drug-likeness (QED) is 0.839. The van der Waals surface area contributed by atoms with Crippen molar-refractivity contribution in [1.82, 2.24) is 10.1 Å². The van der Waals surface area contributed by atoms with Crippen molar-refractivity contribution in [2.75, 3.05) is 13.1 Å². The average Bonchev–Trinajstić information content (AvgIpc) is 2.99. The number of hydrogen-bond donors (Lipinski definition) is 1. The van der Waals surface area contributed by atoms with Gasteiger partial charge >= 0.3 is 0 Å². The molecular formula is C20H25N3O4. The lowest BCUT2D eigenvalue weighted by Gasteiger charge is -2.30. The smallest absolute Gasteiger partial charge is 0.226 e. The van der Waals surface area contributed by atoms with Crippen molar-refractivity contribution in [2.45, 2.75) is 39.7 Å². The summed E-state index contributed by atoms with van der Waals surface area (Å²) < 4.78 is 10.9. The SMILES string of the molecule is Cc1noc(C)c1COc1ccc(CC(=O)N2CCC(C(N)=O)CC2)cc1. The molecule has 0 aliphatic carbocycles. The van der Waals surface area contributed by atoms with Gasteiger partial charge in [-0.2, -0.15) is 0 Å². The van der Waals surface area contributed by atoms with Gasteiger partial charge in [-0.15, -0.1) is 0 Å². The normalized spacial score (nSPS) is 15.0. The standard InChI is InChI=1S/C20H25N3O4/c1-13-18(14(2)27-22-13)12-26-17-5-3-15(4-6-17)11-19(24)23-9-7-16(8-10-23)20(21)25/h3-6,16H,7-12H2,1-2H3,(H2,21,25). The van der Waals surface area contributed by atoms with E-state index in [1.165, 1.54) is 0 Å². The van der Waals surface area contributed by atoms with E-state index in [0.29, 0.717) is 39.0 Å². The number of nitrogens with two attached hydrogens (primary N) is 1. The van der Waals surface area contributed by atoms with Crippen molar-refractivity contribution in [3.05, 3.63) is 46.8 Å². The molecule has 0 atom stereocenters. The minimum Gasteiger partial charge on any atom is -0.489 e. The minimum atomic E-state index is -0.269. The zero-order valence-electron chi connectivity index (χ0n) is 15.7. The lowest BCUT2D eigenvalue weighted by molar-refractivity contribution is -0.134. The second-order valence-electron chi connectivity index (χ2n) is 6.97. The number of ether oxygens (including phenoxy) is 1. The third-order valence-electron chi connectivity index (χ3n) is 5.09. The van der Waals surface area contributed by atoms with Crippen LogP contribution in [0.2, 0.25) is 0 Å². The number of benzene rings is 1. The van der Waals surface area contributed by atoms with Crippen LogP contribution in [0.25, 0.3) is 0 Å². The second kappa shape index (κ2) is 8.24. The molecule has 1 aliphatic heterocycles. The number of piperidine rings is 1. The van der Waals surface area contributed by atoms with Gasteiger partial charge in [-0.1, -0.05) is 17.3 Å². The maximum atomic E-state index is 12.4. The maximum absolute atomic E-state index is 12.4. The number of amides is 2. The van der Waals surface area contributed by atoms with E-state index in [1.54, 1.807) is 4.90 Å². The van der Waals surface area contributed by atoms with Crippen molar-refractivity contribution in [3.8, 4) is 5.75 Å². The molecule has 144 valence electrons. The monoisotopic (exact) mass is 371 g/mol. The van der Waals surface area contributed by atoms with Crippen LogP contribution in [0, 0.1) is 19.8 Å². The Morgan fingerprint density at radius 3 is 2.44 bits per heavy atom. The lowest BCUT2D eigenvalue weighted by atomic mass is 9.96. The van der Waals surface area contributed by atoms with Crippen LogP contribution in [0.3, 0.4) is 0 Å². The summed E-state index contributed by atoms with van der Waals surface area (Å²) in [6.45, 7) is 5.32. The molecule has 0 radical (unpaired) electrons. The molecule has 1 aliphatic rings. The topological polar surface area (TPSA) is 98.7 Å². The molecule has 7 heteroatoms. The highest BCUT2D eigenvalue weighted by Crippen LogP contribution is 2.20. The molecule has 2 aromatic rings. The van der Waals surface area contributed by atoms with E-state index >= 15 is 0 Å². The molecule has 2 N–H and O–H groups in total. The Kier molecular flexibility index (Phi) is 5.78. The van der Waals surface area contributed by atoms with Gasteiger partial charge in [0, 0.05) is 19.0 Å². The summed E-state index contributed by atoms with van der Waals surface area (Å²) in [5.74, 6) is 1.18. The third-order valence-corrected chi connectivity index (χ3v) is 5.09. The zero-order chi connectivity index (χ0) is 19.4. The Morgan fingerprint density at radius 2 is 1.89 bits per heavy atom. The summed E-state index contributed by atoms with van der Waals surface area (Å²) >= 11 is 0. The molecule has 2 amide bonds. The predicted molar refractivity (Wildman–Crippen MR) is 99.0 cm³/mol. The zero-order valence-corrected chi connectivity index (χ0v) is 15.7. The molecule has 0 spiro atoms. The van der Waals surface area contributed by atoms with Crippen LogP contribution in [0.1, 0.15) is 35.4 Å². The fourth-order valence-electron chi connectivity index (χ4n) is 3.27. The van der Waals surface area contributed by atoms with Gasteiger partial charge in [0.1, 0.15) is 18.1 Å². The average molecular weight is 371 g/mol. The summed E-state index contributed by atoms with van der Waals surface area (Å²) in [5.41, 5.74) is 8.05. The highest BCUT2D eigenvalue weighted by molar-refractivity contribution is 5.80. The Hall–Kier alpha value is -2.83. The number of carbonyl (C=O) groups excluding carboxylic acids is 2. The van der Waals surface area contributed by atoms with Gasteiger partial charge in [0.25, 0.3) is 0 Å². The Bertz CT molecular complexity index is 786. The van der Waals surface area contributed by atoms with Crippen LogP contribution in [-0.4, -0.2) is 35.0 Å². The summed E-state index contributed by atoms with van der Waals surface area (Å²) in [6, 6.07) is 7.52. The second-order valence-corrected chi connectivity index (χ2v) is 6.97. The predicted octanol–water partition coefficient (Wildman–Crippen LogP) is 2.14. The largest absolute Gasteiger partial charge is 0.489 e. The van der Waals surface area contributed by atoms with Crippen LogP contribution < -0.4 is 10.5 Å². The number of carbonyl (C=O) groups is 2. The van der Waals surface area contributed by atoms with Crippen LogP contribution in [0.4, 0.5) is 0 Å². The highest BCUT2D eigenvalue weighted by Gasteiger charge is 2.25. The Labute approximate surface area is 158 Å². The first-order chi connectivity index (χ1) is 12.9. The summed E-state index contributed by atoms with van der Waals surface area (Å²) in [6.07, 6.45) is 1.64. The minimum absolute atomic E-state index is 0.0716. The number of aryl methyl sites for hydroxylation is 2. The van der Waals surface area contributed by atoms with E-state index in [0.717, 1.165) is 28.3 Å². The van der Waals surface area contributed by atoms with Gasteiger partial charge in [0.15, 0.2) is 0 Å². The molecule has 7 nitrogen and oxygen atoms in total. The molecule has 0 saturated carbocycles. The van der Waals surface area contributed by atoms with Crippen LogP contribution in [0.15, 0.2) is 28.8 Å². The number of likely N-dealkylation sites (tertiary alicyclic amines) is 1. The fourth-order valence-corrected chi connectivity index (χ4v) is 3.27. The van der Waals surface area contributed by atoms with Gasteiger partial charge < -0.3 is 19.9 Å². The van der Waals surface area contributed by atoms with Crippen LogP contribution in [-0.2, 0) is 22.6 Å². The fraction of sp³-hybridized carbons (Fsp3) is 0.450. The lowest BCUT2D eigenvalue weighted by Crippen LogP contribution is -2.42. The Balaban J connectivity index is 1.50. The van der Waals surface area contributed by atoms with E-state index in [9.17, 15) is 9.59 Å². The Morgan fingerprint density at radius 1 is 1.22 bits per heavy atom. The van der Waals surface area contributed by atoms with Gasteiger partial charge in [0.05, 0.1) is 17.7 Å². The third kappa shape index (κ3) is 4.67. The molecule has 2 heterocycles. The van der Waals surface area contributed by atoms with Crippen molar-refractivity contribution >= 4 is 11.8 Å². The molecule has 1 aromatic carbocycles. The van der Waals surface area contributed by atoms with E-state index in [1.807, 2.05) is 38.1 Å². The maximum Gasteiger partial charge on any atom is 0.226 e. The molecule has 0 bridgehead atoms. The van der Waals surface area contributed by atoms with Gasteiger partial charge in [-0.25, -0.2) is 0 Å². The van der Waals surface area contributed by atoms with E-state index in [4.69, 9.17) is 15.0 Å². The number of nitrogens with zero attached hydrogens (tertiary/aromatic N) is 2.